The second kappa shape index (κ2) is 7.09. The Morgan fingerprint density at radius 3 is 2.60 bits per heavy atom. The molecule has 0 aliphatic carbocycles. The summed E-state index contributed by atoms with van der Waals surface area (Å²) in [6, 6.07) is 8.58. The molecule has 0 bridgehead atoms. The molecule has 132 valence electrons. The number of hydrogen-bond donors (Lipinski definition) is 1. The number of likely N-dealkylation sites (tertiary alicyclic amines) is 1. The van der Waals surface area contributed by atoms with Crippen molar-refractivity contribution < 1.29 is 14.7 Å². The second-order valence-electron chi connectivity index (χ2n) is 6.80. The van der Waals surface area contributed by atoms with Crippen LogP contribution >= 0.6 is 0 Å². The van der Waals surface area contributed by atoms with Crippen molar-refractivity contribution in [2.45, 2.75) is 45.2 Å². The summed E-state index contributed by atoms with van der Waals surface area (Å²) in [5.41, 5.74) is 2.54. The summed E-state index contributed by atoms with van der Waals surface area (Å²) >= 11 is 0. The van der Waals surface area contributed by atoms with Gasteiger partial charge in [-0.25, -0.2) is 4.79 Å². The topological polar surface area (TPSA) is 75.4 Å². The highest BCUT2D eigenvalue weighted by atomic mass is 16.4. The van der Waals surface area contributed by atoms with Crippen molar-refractivity contribution in [3.63, 3.8) is 0 Å². The third-order valence-corrected chi connectivity index (χ3v) is 4.74. The number of aromatic nitrogens is 2. The van der Waals surface area contributed by atoms with Crippen molar-refractivity contribution in [2.75, 3.05) is 6.54 Å². The van der Waals surface area contributed by atoms with Crippen molar-refractivity contribution in [3.8, 4) is 0 Å². The van der Waals surface area contributed by atoms with E-state index in [1.54, 1.807) is 0 Å². The normalized spacial score (nSPS) is 17.2. The van der Waals surface area contributed by atoms with Crippen molar-refractivity contribution in [1.29, 1.82) is 0 Å². The maximum absolute atomic E-state index is 12.7. The molecule has 6 nitrogen and oxygen atoms in total. The van der Waals surface area contributed by atoms with E-state index in [0.717, 1.165) is 24.9 Å². The van der Waals surface area contributed by atoms with E-state index in [1.165, 1.54) is 22.6 Å². The van der Waals surface area contributed by atoms with Gasteiger partial charge in [-0.1, -0.05) is 38.1 Å². The molecule has 1 aromatic carbocycles. The van der Waals surface area contributed by atoms with Crippen molar-refractivity contribution in [2.24, 2.45) is 0 Å². The first kappa shape index (κ1) is 17.2. The van der Waals surface area contributed by atoms with Crippen LogP contribution in [0.15, 0.2) is 36.7 Å². The van der Waals surface area contributed by atoms with Crippen LogP contribution in [0.25, 0.3) is 0 Å². The molecule has 0 radical (unpaired) electrons. The summed E-state index contributed by atoms with van der Waals surface area (Å²) in [4.78, 5) is 25.5. The fraction of sp³-hybridized carbons (Fsp3) is 0.421. The molecular weight excluding hydrogens is 318 g/mol. The fourth-order valence-corrected chi connectivity index (χ4v) is 3.30. The van der Waals surface area contributed by atoms with Gasteiger partial charge in [-0.2, -0.15) is 5.10 Å². The van der Waals surface area contributed by atoms with E-state index >= 15 is 0 Å². The molecule has 6 heteroatoms. The average molecular weight is 341 g/mol. The monoisotopic (exact) mass is 341 g/mol. The molecule has 1 amide bonds. The van der Waals surface area contributed by atoms with Crippen LogP contribution in [0.2, 0.25) is 0 Å². The zero-order valence-electron chi connectivity index (χ0n) is 14.6. The number of carbonyl (C=O) groups excluding carboxylic acids is 1. The lowest BCUT2D eigenvalue weighted by Crippen LogP contribution is -2.33. The van der Waals surface area contributed by atoms with Gasteiger partial charge in [-0.05, 0) is 29.9 Å². The predicted octanol–water partition coefficient (Wildman–Crippen LogP) is 3.07. The van der Waals surface area contributed by atoms with Crippen LogP contribution in [-0.2, 0) is 11.3 Å². The molecule has 0 saturated carbocycles. The standard InChI is InChI=1S/C19H23N3O3/c1-13(2)14-5-7-15(8-6-14)17-4-3-9-22(17)18(23)12-21-11-16(10-20-21)19(24)25/h5-8,10-11,13,17H,3-4,9,12H2,1-2H3,(H,24,25). The van der Waals surface area contributed by atoms with Gasteiger partial charge >= 0.3 is 5.97 Å². The van der Waals surface area contributed by atoms with Gasteiger partial charge in [0.1, 0.15) is 6.54 Å². The first-order valence-corrected chi connectivity index (χ1v) is 8.61. The van der Waals surface area contributed by atoms with Crippen molar-refractivity contribution >= 4 is 11.9 Å². The third-order valence-electron chi connectivity index (χ3n) is 4.74. The largest absolute Gasteiger partial charge is 0.478 e. The van der Waals surface area contributed by atoms with E-state index in [0.29, 0.717) is 5.92 Å². The Hall–Kier alpha value is -2.63. The van der Waals surface area contributed by atoms with Gasteiger partial charge in [0.25, 0.3) is 0 Å². The van der Waals surface area contributed by atoms with Gasteiger partial charge in [-0.3, -0.25) is 9.48 Å². The minimum absolute atomic E-state index is 0.0320. The molecule has 3 rings (SSSR count). The summed E-state index contributed by atoms with van der Waals surface area (Å²) in [5, 5.41) is 12.9. The molecule has 1 aliphatic rings. The first-order chi connectivity index (χ1) is 12.0. The van der Waals surface area contributed by atoms with Gasteiger partial charge < -0.3 is 10.0 Å². The van der Waals surface area contributed by atoms with E-state index in [4.69, 9.17) is 5.11 Å². The van der Waals surface area contributed by atoms with Gasteiger partial charge in [-0.15, -0.1) is 0 Å². The summed E-state index contributed by atoms with van der Waals surface area (Å²) in [5.74, 6) is -0.586. The number of rotatable bonds is 5. The van der Waals surface area contributed by atoms with Crippen molar-refractivity contribution in [3.05, 3.63) is 53.3 Å². The molecule has 2 aromatic rings. The van der Waals surface area contributed by atoms with Crippen LogP contribution in [0.3, 0.4) is 0 Å². The Labute approximate surface area is 147 Å². The maximum atomic E-state index is 12.7. The number of carbonyl (C=O) groups is 2. The number of hydrogen-bond acceptors (Lipinski definition) is 3. The number of aromatic carboxylic acids is 1. The smallest absolute Gasteiger partial charge is 0.338 e. The Morgan fingerprint density at radius 1 is 1.28 bits per heavy atom. The summed E-state index contributed by atoms with van der Waals surface area (Å²) in [6.45, 7) is 5.11. The van der Waals surface area contributed by atoms with Gasteiger partial charge in [0.15, 0.2) is 0 Å². The highest BCUT2D eigenvalue weighted by Gasteiger charge is 2.30. The molecule has 2 heterocycles. The molecule has 1 N–H and O–H groups in total. The van der Waals surface area contributed by atoms with Gasteiger partial charge in [0.2, 0.25) is 5.91 Å². The van der Waals surface area contributed by atoms with E-state index < -0.39 is 5.97 Å². The predicted molar refractivity (Wildman–Crippen MR) is 93.4 cm³/mol. The molecule has 1 saturated heterocycles. The van der Waals surface area contributed by atoms with Crippen LogP contribution in [0, 0.1) is 0 Å². The molecule has 1 fully saturated rings. The summed E-state index contributed by atoms with van der Waals surface area (Å²) < 4.78 is 1.39. The lowest BCUT2D eigenvalue weighted by Gasteiger charge is -2.25. The Bertz CT molecular complexity index is 764. The fourth-order valence-electron chi connectivity index (χ4n) is 3.30. The first-order valence-electron chi connectivity index (χ1n) is 8.61. The molecule has 1 aliphatic heterocycles. The zero-order valence-corrected chi connectivity index (χ0v) is 14.6. The second-order valence-corrected chi connectivity index (χ2v) is 6.80. The highest BCUT2D eigenvalue weighted by molar-refractivity contribution is 5.87. The van der Waals surface area contributed by atoms with E-state index in [2.05, 4.69) is 43.2 Å². The summed E-state index contributed by atoms with van der Waals surface area (Å²) in [6.07, 6.45) is 4.58. The van der Waals surface area contributed by atoms with Crippen molar-refractivity contribution in [1.82, 2.24) is 14.7 Å². The van der Waals surface area contributed by atoms with Gasteiger partial charge in [0.05, 0.1) is 17.8 Å². The molecular formula is C19H23N3O3. The lowest BCUT2D eigenvalue weighted by atomic mass is 9.98. The molecule has 1 unspecified atom stereocenters. The third kappa shape index (κ3) is 3.73. The molecule has 1 atom stereocenters. The molecule has 0 spiro atoms. The van der Waals surface area contributed by atoms with Crippen LogP contribution in [-0.4, -0.2) is 38.2 Å². The van der Waals surface area contributed by atoms with Crippen LogP contribution in [0.5, 0.6) is 0 Å². The SMILES string of the molecule is CC(C)c1ccc(C2CCCN2C(=O)Cn2cc(C(=O)O)cn2)cc1. The average Bonchev–Trinajstić information content (AvgIpc) is 3.24. The lowest BCUT2D eigenvalue weighted by molar-refractivity contribution is -0.133. The Kier molecular flexibility index (Phi) is 4.88. The Balaban J connectivity index is 1.71. The number of carboxylic acids is 1. The van der Waals surface area contributed by atoms with Crippen LogP contribution < -0.4 is 0 Å². The Morgan fingerprint density at radius 2 is 2.00 bits per heavy atom. The van der Waals surface area contributed by atoms with Crippen LogP contribution in [0.4, 0.5) is 0 Å². The van der Waals surface area contributed by atoms with Crippen LogP contribution in [0.1, 0.15) is 60.1 Å². The highest BCUT2D eigenvalue weighted by Crippen LogP contribution is 2.32. The van der Waals surface area contributed by atoms with E-state index in [9.17, 15) is 9.59 Å². The molecule has 25 heavy (non-hydrogen) atoms. The van der Waals surface area contributed by atoms with Gasteiger partial charge in [0, 0.05) is 12.7 Å². The minimum Gasteiger partial charge on any atom is -0.478 e. The summed E-state index contributed by atoms with van der Waals surface area (Å²) in [7, 11) is 0. The van der Waals surface area contributed by atoms with E-state index in [-0.39, 0.29) is 24.1 Å². The number of nitrogens with zero attached hydrogens (tertiary/aromatic N) is 3. The number of amides is 1. The maximum Gasteiger partial charge on any atom is 0.338 e. The number of carboxylic acid groups (broad SMARTS) is 1. The number of benzene rings is 1. The van der Waals surface area contributed by atoms with E-state index in [1.807, 2.05) is 4.90 Å². The zero-order chi connectivity index (χ0) is 18.0. The molecule has 1 aromatic heterocycles. The quantitative estimate of drug-likeness (QED) is 0.907. The minimum atomic E-state index is -1.04.